The zero-order chi connectivity index (χ0) is 18.2. The lowest BCUT2D eigenvalue weighted by Gasteiger charge is -2.25. The number of hydrogen-bond donors (Lipinski definition) is 1. The van der Waals surface area contributed by atoms with Crippen molar-refractivity contribution in [2.75, 3.05) is 13.2 Å². The van der Waals surface area contributed by atoms with Crippen molar-refractivity contribution in [2.45, 2.75) is 51.2 Å². The maximum Gasteiger partial charge on any atom is 0.305 e. The van der Waals surface area contributed by atoms with Crippen molar-refractivity contribution in [3.63, 3.8) is 0 Å². The summed E-state index contributed by atoms with van der Waals surface area (Å²) in [6, 6.07) is 3.76. The fourth-order valence-corrected chi connectivity index (χ4v) is 2.88. The highest BCUT2D eigenvalue weighted by atomic mass is 19.2. The number of carboxylic acids is 1. The number of halogens is 2. The quantitative estimate of drug-likeness (QED) is 0.778. The van der Waals surface area contributed by atoms with Crippen molar-refractivity contribution in [1.29, 1.82) is 0 Å². The Bertz CT molecular complexity index is 603. The van der Waals surface area contributed by atoms with Gasteiger partial charge in [-0.2, -0.15) is 0 Å². The summed E-state index contributed by atoms with van der Waals surface area (Å²) in [4.78, 5) is 24.5. The number of carbonyl (C=O) groups is 2. The molecule has 1 aliphatic heterocycles. The summed E-state index contributed by atoms with van der Waals surface area (Å²) in [5.41, 5.74) is 0.0349. The molecule has 1 atom stereocenters. The van der Waals surface area contributed by atoms with Gasteiger partial charge in [-0.1, -0.05) is 12.1 Å². The topological polar surface area (TPSA) is 66.8 Å². The van der Waals surface area contributed by atoms with Crippen LogP contribution in [-0.4, -0.2) is 41.1 Å². The van der Waals surface area contributed by atoms with Crippen LogP contribution in [0.3, 0.4) is 0 Å². The molecule has 1 heterocycles. The molecule has 1 fully saturated rings. The molecule has 0 spiro atoms. The predicted octanol–water partition coefficient (Wildman–Crippen LogP) is 3.12. The Balaban J connectivity index is 1.99. The molecule has 0 radical (unpaired) electrons. The average molecular weight is 355 g/mol. The highest BCUT2D eigenvalue weighted by Gasteiger charge is 2.21. The Hall–Kier alpha value is -2.02. The monoisotopic (exact) mass is 355 g/mol. The summed E-state index contributed by atoms with van der Waals surface area (Å²) < 4.78 is 32.8. The van der Waals surface area contributed by atoms with Crippen molar-refractivity contribution < 1.29 is 28.2 Å². The van der Waals surface area contributed by atoms with Crippen LogP contribution in [0.1, 0.15) is 44.1 Å². The van der Waals surface area contributed by atoms with E-state index in [9.17, 15) is 18.4 Å². The number of benzene rings is 1. The van der Waals surface area contributed by atoms with Gasteiger partial charge in [0.2, 0.25) is 5.91 Å². The van der Waals surface area contributed by atoms with Gasteiger partial charge in [-0.3, -0.25) is 9.59 Å². The lowest BCUT2D eigenvalue weighted by Crippen LogP contribution is -2.34. The number of rotatable bonds is 8. The number of carbonyl (C=O) groups excluding carboxylic acids is 1. The lowest BCUT2D eigenvalue weighted by atomic mass is 10.0. The smallest absolute Gasteiger partial charge is 0.305 e. The van der Waals surface area contributed by atoms with Gasteiger partial charge in [-0.25, -0.2) is 8.78 Å². The van der Waals surface area contributed by atoms with E-state index in [1.165, 1.54) is 17.0 Å². The Morgan fingerprint density at radius 2 is 2.04 bits per heavy atom. The van der Waals surface area contributed by atoms with Crippen LogP contribution in [-0.2, 0) is 20.9 Å². The van der Waals surface area contributed by atoms with Gasteiger partial charge in [-0.15, -0.1) is 0 Å². The largest absolute Gasteiger partial charge is 0.481 e. The molecule has 1 saturated heterocycles. The van der Waals surface area contributed by atoms with Crippen LogP contribution in [0.4, 0.5) is 8.78 Å². The maximum atomic E-state index is 13.9. The van der Waals surface area contributed by atoms with Crippen LogP contribution in [0.25, 0.3) is 0 Å². The Morgan fingerprint density at radius 3 is 2.72 bits per heavy atom. The molecule has 0 saturated carbocycles. The van der Waals surface area contributed by atoms with Crippen molar-refractivity contribution in [2.24, 2.45) is 0 Å². The molecule has 1 N–H and O–H groups in total. The molecule has 5 nitrogen and oxygen atoms in total. The molecule has 7 heteroatoms. The minimum atomic E-state index is -1.05. The van der Waals surface area contributed by atoms with E-state index in [1.54, 1.807) is 0 Å². The molecule has 1 aromatic carbocycles. The first-order chi connectivity index (χ1) is 12.0. The first-order valence-corrected chi connectivity index (χ1v) is 8.51. The van der Waals surface area contributed by atoms with Crippen LogP contribution in [0.15, 0.2) is 18.2 Å². The maximum absolute atomic E-state index is 13.9. The molecular weight excluding hydrogens is 332 g/mol. The third-order valence-electron chi connectivity index (χ3n) is 4.30. The van der Waals surface area contributed by atoms with Crippen molar-refractivity contribution in [3.05, 3.63) is 35.4 Å². The number of nitrogens with zero attached hydrogens (tertiary/aromatic N) is 1. The molecule has 1 aromatic rings. The van der Waals surface area contributed by atoms with Crippen LogP contribution < -0.4 is 0 Å². The number of amides is 1. The van der Waals surface area contributed by atoms with E-state index in [-0.39, 0.29) is 43.5 Å². The Morgan fingerprint density at radius 1 is 1.24 bits per heavy atom. The van der Waals surface area contributed by atoms with Crippen LogP contribution >= 0.6 is 0 Å². The normalized spacial score (nSPS) is 17.3. The third kappa shape index (κ3) is 6.08. The van der Waals surface area contributed by atoms with Gasteiger partial charge in [-0.05, 0) is 31.7 Å². The minimum absolute atomic E-state index is 0.0323. The predicted molar refractivity (Wildman–Crippen MR) is 86.9 cm³/mol. The first-order valence-electron chi connectivity index (χ1n) is 8.51. The Kier molecular flexibility index (Phi) is 7.31. The van der Waals surface area contributed by atoms with E-state index in [1.807, 2.05) is 0 Å². The zero-order valence-electron chi connectivity index (χ0n) is 14.0. The summed E-state index contributed by atoms with van der Waals surface area (Å²) in [6.07, 6.45) is 3.52. The first kappa shape index (κ1) is 19.3. The molecule has 1 amide bonds. The third-order valence-corrected chi connectivity index (χ3v) is 4.30. The van der Waals surface area contributed by atoms with Crippen LogP contribution in [0, 0.1) is 11.6 Å². The fraction of sp³-hybridized carbons (Fsp3) is 0.556. The summed E-state index contributed by atoms with van der Waals surface area (Å²) >= 11 is 0. The van der Waals surface area contributed by atoms with Crippen molar-refractivity contribution in [3.8, 4) is 0 Å². The zero-order valence-corrected chi connectivity index (χ0v) is 14.0. The summed E-state index contributed by atoms with van der Waals surface area (Å²) in [7, 11) is 0. The molecule has 138 valence electrons. The van der Waals surface area contributed by atoms with E-state index in [4.69, 9.17) is 9.84 Å². The molecule has 0 aliphatic carbocycles. The molecular formula is C18H23F2NO4. The number of ether oxygens (including phenoxy) is 1. The van der Waals surface area contributed by atoms with E-state index >= 15 is 0 Å². The summed E-state index contributed by atoms with van der Waals surface area (Å²) in [5, 5.41) is 8.85. The van der Waals surface area contributed by atoms with E-state index in [2.05, 4.69) is 0 Å². The highest BCUT2D eigenvalue weighted by Crippen LogP contribution is 2.19. The van der Waals surface area contributed by atoms with Gasteiger partial charge in [0.1, 0.15) is 0 Å². The summed E-state index contributed by atoms with van der Waals surface area (Å²) in [5.74, 6) is -3.32. The van der Waals surface area contributed by atoms with Crippen LogP contribution in [0.5, 0.6) is 0 Å². The van der Waals surface area contributed by atoms with E-state index in [0.29, 0.717) is 13.0 Å². The molecule has 0 unspecified atom stereocenters. The molecule has 25 heavy (non-hydrogen) atoms. The second-order valence-corrected chi connectivity index (χ2v) is 6.20. The summed E-state index contributed by atoms with van der Waals surface area (Å²) in [6.45, 7) is 0.493. The average Bonchev–Trinajstić information content (AvgIpc) is 2.60. The van der Waals surface area contributed by atoms with Crippen molar-refractivity contribution >= 4 is 11.9 Å². The Labute approximate surface area is 145 Å². The van der Waals surface area contributed by atoms with Gasteiger partial charge < -0.3 is 14.7 Å². The second kappa shape index (κ2) is 9.46. The SMILES string of the molecule is O=C(O)CCN(Cc1cccc(F)c1F)C(=O)CC[C@@H]1CCCCO1. The van der Waals surface area contributed by atoms with Crippen LogP contribution in [0.2, 0.25) is 0 Å². The molecule has 0 bridgehead atoms. The number of hydrogen-bond acceptors (Lipinski definition) is 3. The van der Waals surface area contributed by atoms with Gasteiger partial charge in [0, 0.05) is 31.7 Å². The van der Waals surface area contributed by atoms with Gasteiger partial charge in [0.15, 0.2) is 11.6 Å². The van der Waals surface area contributed by atoms with Gasteiger partial charge in [0.05, 0.1) is 12.5 Å². The van der Waals surface area contributed by atoms with E-state index in [0.717, 1.165) is 25.3 Å². The minimum Gasteiger partial charge on any atom is -0.481 e. The lowest BCUT2D eigenvalue weighted by molar-refractivity contribution is -0.139. The van der Waals surface area contributed by atoms with Crippen molar-refractivity contribution in [1.82, 2.24) is 4.90 Å². The molecule has 2 rings (SSSR count). The highest BCUT2D eigenvalue weighted by molar-refractivity contribution is 5.77. The van der Waals surface area contributed by atoms with Gasteiger partial charge in [0.25, 0.3) is 0 Å². The standard InChI is InChI=1S/C18H23F2NO4/c19-15-6-3-4-13(18(15)20)12-21(10-9-17(23)24)16(22)8-7-14-5-1-2-11-25-14/h3-4,6,14H,1-2,5,7-12H2,(H,23,24)/t14-/m0/s1. The number of carboxylic acid groups (broad SMARTS) is 1. The fourth-order valence-electron chi connectivity index (χ4n) is 2.88. The second-order valence-electron chi connectivity index (χ2n) is 6.20. The number of aliphatic carboxylic acids is 1. The molecule has 0 aromatic heterocycles. The van der Waals surface area contributed by atoms with Gasteiger partial charge >= 0.3 is 5.97 Å². The van der Waals surface area contributed by atoms with E-state index < -0.39 is 17.6 Å². The molecule has 1 aliphatic rings.